The number of carbonyl (C=O) groups is 1. The van der Waals surface area contributed by atoms with Crippen LogP contribution in [0.1, 0.15) is 22.3 Å². The molecule has 0 saturated carbocycles. The van der Waals surface area contributed by atoms with Crippen LogP contribution in [0.4, 0.5) is 0 Å². The van der Waals surface area contributed by atoms with Crippen LogP contribution in [-0.2, 0) is 20.6 Å². The predicted molar refractivity (Wildman–Crippen MR) is 138 cm³/mol. The number of phenolic OH excluding ortho intramolecular Hbond substituents is 2. The molecular formula is C26H33N3O11. The standard InChI is InChI=1S/C26H33N3O11/c27-29-28-7-8-36-9-10-37-11-12-38-18-13-20(32)23(19(31)6-3-16-1-4-17(30)5-2-16)22(14-18)40-26-25(35)24(34)21(33)15-39-26/h1-2,4-5,13-14,21,24-26,30,32-35H,3,6-12,15H2/t21-,24?,25+,26?/m1/s1. The molecule has 3 rings (SSSR count). The van der Waals surface area contributed by atoms with Crippen LogP contribution < -0.4 is 9.47 Å². The Bertz CT molecular complexity index is 1140. The highest BCUT2D eigenvalue weighted by Gasteiger charge is 2.39. The van der Waals surface area contributed by atoms with E-state index in [1.54, 1.807) is 12.1 Å². The van der Waals surface area contributed by atoms with E-state index in [1.807, 2.05) is 0 Å². The molecule has 0 bridgehead atoms. The lowest BCUT2D eigenvalue weighted by molar-refractivity contribution is -0.242. The number of phenols is 2. The average Bonchev–Trinajstić information content (AvgIpc) is 2.94. The van der Waals surface area contributed by atoms with Gasteiger partial charge in [0.1, 0.15) is 53.5 Å². The first-order chi connectivity index (χ1) is 19.3. The topological polar surface area (TPSA) is 213 Å². The van der Waals surface area contributed by atoms with E-state index >= 15 is 0 Å². The maximum absolute atomic E-state index is 13.1. The molecule has 2 unspecified atom stereocenters. The second-order valence-corrected chi connectivity index (χ2v) is 8.80. The summed E-state index contributed by atoms with van der Waals surface area (Å²) in [6, 6.07) is 8.95. The molecule has 0 aliphatic carbocycles. The molecule has 0 radical (unpaired) electrons. The van der Waals surface area contributed by atoms with E-state index in [4.69, 9.17) is 29.2 Å². The number of aryl methyl sites for hydroxylation is 1. The van der Waals surface area contributed by atoms with Crippen molar-refractivity contribution in [3.8, 4) is 23.0 Å². The summed E-state index contributed by atoms with van der Waals surface area (Å²) in [6.45, 7) is 1.02. The Morgan fingerprint density at radius 1 is 1.00 bits per heavy atom. The van der Waals surface area contributed by atoms with Gasteiger partial charge < -0.3 is 49.2 Å². The van der Waals surface area contributed by atoms with Crippen LogP contribution in [0.3, 0.4) is 0 Å². The zero-order valence-corrected chi connectivity index (χ0v) is 21.7. The third-order valence-corrected chi connectivity index (χ3v) is 5.88. The van der Waals surface area contributed by atoms with Gasteiger partial charge in [0.25, 0.3) is 0 Å². The van der Waals surface area contributed by atoms with Gasteiger partial charge in [-0.15, -0.1) is 0 Å². The van der Waals surface area contributed by atoms with Gasteiger partial charge in [0.15, 0.2) is 5.78 Å². The van der Waals surface area contributed by atoms with E-state index in [9.17, 15) is 30.3 Å². The highest BCUT2D eigenvalue weighted by molar-refractivity contribution is 6.01. The number of carbonyl (C=O) groups excluding carboxylic acids is 1. The maximum atomic E-state index is 13.1. The van der Waals surface area contributed by atoms with Crippen molar-refractivity contribution in [2.24, 2.45) is 5.11 Å². The molecule has 4 atom stereocenters. The molecular weight excluding hydrogens is 530 g/mol. The second kappa shape index (κ2) is 15.8. The van der Waals surface area contributed by atoms with Gasteiger partial charge in [-0.25, -0.2) is 0 Å². The Morgan fingerprint density at radius 3 is 2.42 bits per heavy atom. The Kier molecular flexibility index (Phi) is 12.2. The molecule has 5 N–H and O–H groups in total. The fourth-order valence-electron chi connectivity index (χ4n) is 3.78. The van der Waals surface area contributed by atoms with Crippen molar-refractivity contribution in [1.29, 1.82) is 0 Å². The monoisotopic (exact) mass is 563 g/mol. The maximum Gasteiger partial charge on any atom is 0.228 e. The van der Waals surface area contributed by atoms with Gasteiger partial charge in [0.05, 0.1) is 33.0 Å². The van der Waals surface area contributed by atoms with Gasteiger partial charge in [-0.05, 0) is 29.6 Å². The minimum absolute atomic E-state index is 0.0108. The predicted octanol–water partition coefficient (Wildman–Crippen LogP) is 1.45. The lowest BCUT2D eigenvalue weighted by Crippen LogP contribution is -2.54. The largest absolute Gasteiger partial charge is 0.508 e. The van der Waals surface area contributed by atoms with Crippen LogP contribution in [0.2, 0.25) is 0 Å². The summed E-state index contributed by atoms with van der Waals surface area (Å²) in [6.07, 6.45) is -5.61. The number of hydrogen-bond acceptors (Lipinski definition) is 12. The molecule has 1 fully saturated rings. The van der Waals surface area contributed by atoms with Crippen LogP contribution in [0, 0.1) is 0 Å². The molecule has 1 saturated heterocycles. The molecule has 0 amide bonds. The van der Waals surface area contributed by atoms with E-state index in [0.717, 1.165) is 5.56 Å². The van der Waals surface area contributed by atoms with Crippen molar-refractivity contribution in [1.82, 2.24) is 0 Å². The summed E-state index contributed by atoms with van der Waals surface area (Å²) in [5, 5.41) is 53.6. The molecule has 14 nitrogen and oxygen atoms in total. The normalized spacial score (nSPS) is 20.5. The summed E-state index contributed by atoms with van der Waals surface area (Å²) in [4.78, 5) is 15.8. The fraction of sp³-hybridized carbons (Fsp3) is 0.500. The van der Waals surface area contributed by atoms with Crippen LogP contribution in [0.15, 0.2) is 41.5 Å². The summed E-state index contributed by atoms with van der Waals surface area (Å²) in [5.74, 6) is -0.807. The second-order valence-electron chi connectivity index (χ2n) is 8.80. The van der Waals surface area contributed by atoms with E-state index in [1.165, 1.54) is 24.3 Å². The molecule has 0 aromatic heterocycles. The van der Waals surface area contributed by atoms with Crippen LogP contribution >= 0.6 is 0 Å². The van der Waals surface area contributed by atoms with Crippen molar-refractivity contribution < 1.29 is 54.0 Å². The summed E-state index contributed by atoms with van der Waals surface area (Å²) in [5.41, 5.74) is 8.82. The van der Waals surface area contributed by atoms with Gasteiger partial charge in [0, 0.05) is 30.0 Å². The number of aromatic hydroxyl groups is 2. The molecule has 1 heterocycles. The lowest BCUT2D eigenvalue weighted by Gasteiger charge is -2.35. The number of aliphatic hydroxyl groups excluding tert-OH is 3. The molecule has 40 heavy (non-hydrogen) atoms. The van der Waals surface area contributed by atoms with Gasteiger partial charge in [-0.1, -0.05) is 17.2 Å². The van der Waals surface area contributed by atoms with Crippen molar-refractivity contribution in [2.75, 3.05) is 46.2 Å². The fourth-order valence-corrected chi connectivity index (χ4v) is 3.78. The smallest absolute Gasteiger partial charge is 0.228 e. The Labute approximate surface area is 229 Å². The molecule has 1 aliphatic heterocycles. The zero-order chi connectivity index (χ0) is 28.9. The number of nitrogens with zero attached hydrogens (tertiary/aromatic N) is 3. The van der Waals surface area contributed by atoms with Crippen molar-refractivity contribution in [3.05, 3.63) is 58.0 Å². The van der Waals surface area contributed by atoms with Gasteiger partial charge in [0.2, 0.25) is 6.29 Å². The molecule has 14 heteroatoms. The Balaban J connectivity index is 1.65. The molecule has 0 spiro atoms. The van der Waals surface area contributed by atoms with Gasteiger partial charge in [-0.3, -0.25) is 4.79 Å². The highest BCUT2D eigenvalue weighted by atomic mass is 16.7. The summed E-state index contributed by atoms with van der Waals surface area (Å²) in [7, 11) is 0. The molecule has 2 aromatic rings. The number of azide groups is 1. The van der Waals surface area contributed by atoms with Crippen LogP contribution in [0.25, 0.3) is 10.4 Å². The third kappa shape index (κ3) is 9.24. The van der Waals surface area contributed by atoms with Crippen molar-refractivity contribution in [2.45, 2.75) is 37.4 Å². The Morgan fingerprint density at radius 2 is 1.70 bits per heavy atom. The Hall–Kier alpha value is -3.62. The average molecular weight is 564 g/mol. The quantitative estimate of drug-likeness (QED) is 0.0648. The van der Waals surface area contributed by atoms with Crippen molar-refractivity contribution >= 4 is 5.78 Å². The van der Waals surface area contributed by atoms with Crippen LogP contribution in [-0.4, -0.2) is 102 Å². The van der Waals surface area contributed by atoms with Gasteiger partial charge >= 0.3 is 0 Å². The van der Waals surface area contributed by atoms with E-state index < -0.39 is 36.1 Å². The highest BCUT2D eigenvalue weighted by Crippen LogP contribution is 2.36. The number of aliphatic hydroxyl groups is 3. The number of ketones is 1. The zero-order valence-electron chi connectivity index (χ0n) is 21.7. The number of Topliss-reactive ketones (excluding diaryl/α,β-unsaturated/α-hetero) is 1. The van der Waals surface area contributed by atoms with E-state index in [0.29, 0.717) is 13.0 Å². The molecule has 2 aromatic carbocycles. The third-order valence-electron chi connectivity index (χ3n) is 5.88. The van der Waals surface area contributed by atoms with E-state index in [2.05, 4.69) is 10.0 Å². The summed E-state index contributed by atoms with van der Waals surface area (Å²) >= 11 is 0. The van der Waals surface area contributed by atoms with Gasteiger partial charge in [-0.2, -0.15) is 0 Å². The van der Waals surface area contributed by atoms with Crippen LogP contribution in [0.5, 0.6) is 23.0 Å². The lowest BCUT2D eigenvalue weighted by atomic mass is 10.0. The first kappa shape index (κ1) is 30.9. The SMILES string of the molecule is [N-]=[N+]=NCCOCCOCCOc1cc(O)c(C(=O)CCc2ccc(O)cc2)c(OC2OC[C@@H](O)C(O)[C@@H]2O)c1. The summed E-state index contributed by atoms with van der Waals surface area (Å²) < 4.78 is 27.3. The number of benzene rings is 2. The van der Waals surface area contributed by atoms with Crippen molar-refractivity contribution in [3.63, 3.8) is 0 Å². The molecule has 1 aliphatic rings. The number of rotatable bonds is 16. The van der Waals surface area contributed by atoms with E-state index in [-0.39, 0.29) is 68.8 Å². The minimum atomic E-state index is -1.63. The first-order valence-corrected chi connectivity index (χ1v) is 12.6. The number of ether oxygens (including phenoxy) is 5. The first-order valence-electron chi connectivity index (χ1n) is 12.6. The minimum Gasteiger partial charge on any atom is -0.508 e. The molecule has 218 valence electrons. The number of hydrogen-bond donors (Lipinski definition) is 5.